The Labute approximate surface area is 94.8 Å². The summed E-state index contributed by atoms with van der Waals surface area (Å²) in [6.45, 7) is 0. The molecule has 0 spiro atoms. The van der Waals surface area contributed by atoms with E-state index in [9.17, 15) is 0 Å². The fourth-order valence-electron chi connectivity index (χ4n) is 0. The summed E-state index contributed by atoms with van der Waals surface area (Å²) in [6, 6.07) is 0. The minimum absolute atomic E-state index is 0. The van der Waals surface area contributed by atoms with Crippen molar-refractivity contribution in [1.82, 2.24) is 0 Å². The van der Waals surface area contributed by atoms with Crippen molar-refractivity contribution in [2.75, 3.05) is 0 Å². The maximum Gasteiger partial charge on any atom is 1.00 e. The van der Waals surface area contributed by atoms with Gasteiger partial charge >= 0.3 is 68.9 Å². The predicted octanol–water partition coefficient (Wildman–Crippen LogP) is -8.37. The second-order valence-corrected chi connectivity index (χ2v) is 0.423. The van der Waals surface area contributed by atoms with Gasteiger partial charge in [0.15, 0.2) is 22.0 Å². The van der Waals surface area contributed by atoms with Crippen LogP contribution >= 0.6 is 0 Å². The summed E-state index contributed by atoms with van der Waals surface area (Å²) in [5.74, 6) is 0. The molecule has 0 aromatic rings. The Balaban J connectivity index is 0. The molecule has 0 aromatic heterocycles. The van der Waals surface area contributed by atoms with E-state index in [4.69, 9.17) is 6.87 Å². The van der Waals surface area contributed by atoms with E-state index in [0.29, 0.717) is 0 Å². The van der Waals surface area contributed by atoms with Crippen LogP contribution in [0.2, 0.25) is 0 Å². The fourth-order valence-corrected chi connectivity index (χ4v) is 0. The third-order valence-corrected chi connectivity index (χ3v) is 0. The Morgan fingerprint density at radius 3 is 1.25 bits per heavy atom. The maximum absolute atomic E-state index is 8.48. The molecule has 0 aromatic carbocycles. The summed E-state index contributed by atoms with van der Waals surface area (Å²) in [7, 11) is 0. The van der Waals surface area contributed by atoms with Gasteiger partial charge in [0.2, 0.25) is 0 Å². The van der Waals surface area contributed by atoms with Crippen LogP contribution in [0.4, 0.5) is 0 Å². The van der Waals surface area contributed by atoms with E-state index in [1.54, 1.807) is 0 Å². The first-order valence-corrected chi connectivity index (χ1v) is 2.07. The quantitative estimate of drug-likeness (QED) is 0.416. The van der Waals surface area contributed by atoms with Gasteiger partial charge in [-0.25, -0.2) is 0 Å². The molecule has 0 rings (SSSR count). The van der Waals surface area contributed by atoms with Crippen LogP contribution in [0, 0.1) is 0 Å². The normalized spacial score (nSPS) is 4.50. The van der Waals surface area contributed by atoms with Crippen LogP contribution in [-0.4, -0.2) is 0 Å². The molecule has 0 saturated carbocycles. The SMILES string of the molecule is [Cs+].[O-][I+][O-]. The maximum atomic E-state index is 8.48. The first kappa shape index (κ1) is 9.86. The van der Waals surface area contributed by atoms with Crippen LogP contribution in [0.3, 0.4) is 0 Å². The number of hydrogen-bond donors (Lipinski definition) is 0. The summed E-state index contributed by atoms with van der Waals surface area (Å²) < 4.78 is 17.0. The van der Waals surface area contributed by atoms with E-state index in [2.05, 4.69) is 0 Å². The van der Waals surface area contributed by atoms with Gasteiger partial charge in [-0.3, -0.25) is 0 Å². The molecule has 0 aliphatic carbocycles. The van der Waals surface area contributed by atoms with Gasteiger partial charge in [-0.15, -0.1) is 0 Å². The first-order chi connectivity index (χ1) is 1.41. The molecule has 20 valence electrons. The van der Waals surface area contributed by atoms with Crippen molar-refractivity contribution in [3.8, 4) is 0 Å². The van der Waals surface area contributed by atoms with Gasteiger partial charge in [0.1, 0.15) is 0 Å². The number of halogens is 1. The van der Waals surface area contributed by atoms with Crippen molar-refractivity contribution >= 4 is 0 Å². The smallest absolute Gasteiger partial charge is 0.599 e. The molecule has 0 aliphatic rings. The van der Waals surface area contributed by atoms with Crippen LogP contribution < -0.4 is 97.8 Å². The molecule has 0 aliphatic heterocycles. The second kappa shape index (κ2) is 9.20. The van der Waals surface area contributed by atoms with E-state index in [-0.39, 0.29) is 68.9 Å². The zero-order valence-corrected chi connectivity index (χ0v) is 10.6. The summed E-state index contributed by atoms with van der Waals surface area (Å²) in [5.41, 5.74) is 0. The van der Waals surface area contributed by atoms with Crippen LogP contribution in [0.1, 0.15) is 0 Å². The Hall–Kier alpha value is 2.70. The van der Waals surface area contributed by atoms with E-state index in [1.807, 2.05) is 0 Å². The van der Waals surface area contributed by atoms with Crippen molar-refractivity contribution in [1.29, 1.82) is 0 Å². The molecule has 2 nitrogen and oxygen atoms in total. The third-order valence-electron chi connectivity index (χ3n) is 0. The minimum Gasteiger partial charge on any atom is -0.599 e. The largest absolute Gasteiger partial charge is 1.00 e. The molecule has 0 amide bonds. The zero-order chi connectivity index (χ0) is 2.71. The standard InChI is InChI=1S/Cs.IO2/c;2-1-3/q+1;-1. The molecule has 0 unspecified atom stereocenters. The molecule has 4 heavy (non-hydrogen) atoms. The van der Waals surface area contributed by atoms with E-state index in [1.165, 1.54) is 0 Å². The Morgan fingerprint density at radius 2 is 1.25 bits per heavy atom. The van der Waals surface area contributed by atoms with Gasteiger partial charge in [-0.05, 0) is 0 Å². The van der Waals surface area contributed by atoms with Gasteiger partial charge in [0.05, 0.1) is 0 Å². The third kappa shape index (κ3) is 8.83. The van der Waals surface area contributed by atoms with Crippen LogP contribution in [-0.2, 0) is 0 Å². The molecule has 0 atom stereocenters. The number of hydrogen-bond acceptors (Lipinski definition) is 2. The molecular formula is CsIO2. The fraction of sp³-hybridized carbons (Fsp3) is 0. The van der Waals surface area contributed by atoms with Crippen molar-refractivity contribution in [3.05, 3.63) is 0 Å². The summed E-state index contributed by atoms with van der Waals surface area (Å²) in [6.07, 6.45) is 0. The molecule has 0 heterocycles. The van der Waals surface area contributed by atoms with Crippen molar-refractivity contribution < 1.29 is 97.8 Å². The van der Waals surface area contributed by atoms with Gasteiger partial charge in [-0.1, -0.05) is 0 Å². The van der Waals surface area contributed by atoms with Crippen molar-refractivity contribution in [3.63, 3.8) is 0 Å². The second-order valence-electron chi connectivity index (χ2n) is 0.0630. The molecule has 0 bridgehead atoms. The first-order valence-electron chi connectivity index (χ1n) is 0.309. The van der Waals surface area contributed by atoms with Gasteiger partial charge in [0, 0.05) is 0 Å². The molecule has 0 saturated heterocycles. The molecule has 4 heteroatoms. The predicted molar refractivity (Wildman–Crippen MR) is 0 cm³/mol. The Bertz CT molecular complexity index is 6.00. The molecular weight excluding hydrogens is 292 g/mol. The summed E-state index contributed by atoms with van der Waals surface area (Å²) >= 11 is -1.91. The zero-order valence-electron chi connectivity index (χ0n) is 2.19. The van der Waals surface area contributed by atoms with Crippen LogP contribution in [0.25, 0.3) is 0 Å². The number of rotatable bonds is 0. The average Bonchev–Trinajstić information content (AvgIpc) is 0.918. The average molecular weight is 292 g/mol. The molecule has 0 radical (unpaired) electrons. The van der Waals surface area contributed by atoms with Crippen LogP contribution in [0.5, 0.6) is 0 Å². The Morgan fingerprint density at radius 1 is 1.25 bits per heavy atom. The molecule has 0 fully saturated rings. The summed E-state index contributed by atoms with van der Waals surface area (Å²) in [5, 5.41) is 0. The van der Waals surface area contributed by atoms with E-state index in [0.717, 1.165) is 0 Å². The minimum atomic E-state index is -1.91. The van der Waals surface area contributed by atoms with E-state index < -0.39 is 22.0 Å². The van der Waals surface area contributed by atoms with Gasteiger partial charge in [-0.2, -0.15) is 0 Å². The topological polar surface area (TPSA) is 46.1 Å². The van der Waals surface area contributed by atoms with Crippen molar-refractivity contribution in [2.45, 2.75) is 0 Å². The van der Waals surface area contributed by atoms with Gasteiger partial charge in [0.25, 0.3) is 0 Å². The monoisotopic (exact) mass is 292 g/mol. The van der Waals surface area contributed by atoms with Crippen molar-refractivity contribution in [2.24, 2.45) is 0 Å². The Kier molecular flexibility index (Phi) is 22.7. The van der Waals surface area contributed by atoms with Crippen LogP contribution in [0.15, 0.2) is 0 Å². The van der Waals surface area contributed by atoms with Gasteiger partial charge < -0.3 is 6.87 Å². The molecule has 0 N–H and O–H groups in total. The van der Waals surface area contributed by atoms with E-state index >= 15 is 0 Å². The summed E-state index contributed by atoms with van der Waals surface area (Å²) in [4.78, 5) is 0.